The van der Waals surface area contributed by atoms with Crippen molar-refractivity contribution in [1.82, 2.24) is 10.2 Å². The predicted molar refractivity (Wildman–Crippen MR) is 74.5 cm³/mol. The minimum Gasteiger partial charge on any atom is -0.380 e. The van der Waals surface area contributed by atoms with E-state index in [-0.39, 0.29) is 5.02 Å². The monoisotopic (exact) mass is 286 g/mol. The summed E-state index contributed by atoms with van der Waals surface area (Å²) in [6.45, 7) is 1.16. The summed E-state index contributed by atoms with van der Waals surface area (Å²) in [7, 11) is 0. The van der Waals surface area contributed by atoms with Gasteiger partial charge in [-0.1, -0.05) is 11.6 Å². The van der Waals surface area contributed by atoms with Gasteiger partial charge in [0, 0.05) is 12.6 Å². The number of H-pyrrole nitrogens is 1. The SMILES string of the molecule is NC1CCC(OCCNc2cn[nH]c(=O)c2Cl)CC1. The molecular weight excluding hydrogens is 268 g/mol. The molecule has 0 saturated heterocycles. The number of hydrogen-bond acceptors (Lipinski definition) is 5. The first-order valence-electron chi connectivity index (χ1n) is 6.51. The molecule has 1 fully saturated rings. The summed E-state index contributed by atoms with van der Waals surface area (Å²) < 4.78 is 5.76. The summed E-state index contributed by atoms with van der Waals surface area (Å²) in [5, 5.41) is 9.11. The molecule has 106 valence electrons. The van der Waals surface area contributed by atoms with Gasteiger partial charge in [0.05, 0.1) is 24.6 Å². The van der Waals surface area contributed by atoms with Gasteiger partial charge in [0.2, 0.25) is 0 Å². The lowest BCUT2D eigenvalue weighted by Gasteiger charge is -2.26. The number of nitrogens with two attached hydrogens (primary N) is 1. The van der Waals surface area contributed by atoms with Crippen molar-refractivity contribution in [2.75, 3.05) is 18.5 Å². The highest BCUT2D eigenvalue weighted by Gasteiger charge is 2.18. The molecule has 1 aromatic rings. The quantitative estimate of drug-likeness (QED) is 0.706. The summed E-state index contributed by atoms with van der Waals surface area (Å²) in [4.78, 5) is 11.2. The Bertz CT molecular complexity index is 457. The topological polar surface area (TPSA) is 93.0 Å². The summed E-state index contributed by atoms with van der Waals surface area (Å²) in [6, 6.07) is 0.332. The van der Waals surface area contributed by atoms with Gasteiger partial charge in [0.15, 0.2) is 0 Å². The molecule has 2 rings (SSSR count). The number of halogens is 1. The number of aromatic amines is 1. The van der Waals surface area contributed by atoms with Crippen molar-refractivity contribution in [3.63, 3.8) is 0 Å². The predicted octanol–water partition coefficient (Wildman–Crippen LogP) is 1.12. The molecule has 7 heteroatoms. The second kappa shape index (κ2) is 6.88. The lowest BCUT2D eigenvalue weighted by Crippen LogP contribution is -2.31. The van der Waals surface area contributed by atoms with Crippen molar-refractivity contribution >= 4 is 17.3 Å². The summed E-state index contributed by atoms with van der Waals surface area (Å²) in [5.41, 5.74) is 5.97. The van der Waals surface area contributed by atoms with Crippen LogP contribution >= 0.6 is 11.6 Å². The van der Waals surface area contributed by atoms with Gasteiger partial charge in [-0.3, -0.25) is 4.79 Å². The van der Waals surface area contributed by atoms with E-state index in [9.17, 15) is 4.79 Å². The molecule has 19 heavy (non-hydrogen) atoms. The van der Waals surface area contributed by atoms with Crippen LogP contribution in [0, 0.1) is 0 Å². The Balaban J connectivity index is 1.69. The lowest BCUT2D eigenvalue weighted by molar-refractivity contribution is 0.0313. The average Bonchev–Trinajstić information content (AvgIpc) is 2.41. The molecule has 0 amide bonds. The number of ether oxygens (including phenoxy) is 1. The molecule has 0 unspecified atom stereocenters. The zero-order chi connectivity index (χ0) is 13.7. The second-order valence-electron chi connectivity index (χ2n) is 4.76. The molecule has 4 N–H and O–H groups in total. The van der Waals surface area contributed by atoms with Crippen LogP contribution in [0.2, 0.25) is 5.02 Å². The van der Waals surface area contributed by atoms with E-state index in [4.69, 9.17) is 22.1 Å². The fourth-order valence-corrected chi connectivity index (χ4v) is 2.33. The fraction of sp³-hybridized carbons (Fsp3) is 0.667. The van der Waals surface area contributed by atoms with Crippen LogP contribution in [0.5, 0.6) is 0 Å². The summed E-state index contributed by atoms with van der Waals surface area (Å²) >= 11 is 5.84. The molecule has 1 aromatic heterocycles. The zero-order valence-corrected chi connectivity index (χ0v) is 11.4. The van der Waals surface area contributed by atoms with Crippen LogP contribution in [0.25, 0.3) is 0 Å². The first kappa shape index (κ1) is 14.3. The van der Waals surface area contributed by atoms with E-state index < -0.39 is 5.56 Å². The van der Waals surface area contributed by atoms with Gasteiger partial charge in [-0.15, -0.1) is 0 Å². The molecule has 1 aliphatic carbocycles. The smallest absolute Gasteiger partial charge is 0.285 e. The molecule has 1 heterocycles. The third-order valence-electron chi connectivity index (χ3n) is 3.29. The summed E-state index contributed by atoms with van der Waals surface area (Å²) in [6.07, 6.45) is 5.89. The Hall–Kier alpha value is -1.11. The van der Waals surface area contributed by atoms with Gasteiger partial charge in [-0.2, -0.15) is 5.10 Å². The van der Waals surface area contributed by atoms with Gasteiger partial charge >= 0.3 is 0 Å². The van der Waals surface area contributed by atoms with Gasteiger partial charge in [-0.25, -0.2) is 5.10 Å². The Morgan fingerprint density at radius 1 is 1.47 bits per heavy atom. The number of rotatable bonds is 5. The van der Waals surface area contributed by atoms with Gasteiger partial charge in [0.1, 0.15) is 5.02 Å². The van der Waals surface area contributed by atoms with E-state index in [0.717, 1.165) is 25.7 Å². The zero-order valence-electron chi connectivity index (χ0n) is 10.7. The van der Waals surface area contributed by atoms with E-state index in [0.29, 0.717) is 31.0 Å². The van der Waals surface area contributed by atoms with E-state index in [2.05, 4.69) is 15.5 Å². The van der Waals surface area contributed by atoms with E-state index in [1.807, 2.05) is 0 Å². The second-order valence-corrected chi connectivity index (χ2v) is 5.14. The standard InChI is InChI=1S/C12H19ClN4O2/c13-11-10(7-16-17-12(11)18)15-5-6-19-9-3-1-8(14)2-4-9/h7-9H,1-6,14H2,(H2,15,17,18). The molecule has 0 radical (unpaired) electrons. The highest BCUT2D eigenvalue weighted by Crippen LogP contribution is 2.19. The van der Waals surface area contributed by atoms with Gasteiger partial charge in [0.25, 0.3) is 5.56 Å². The van der Waals surface area contributed by atoms with E-state index in [1.54, 1.807) is 0 Å². The van der Waals surface area contributed by atoms with E-state index >= 15 is 0 Å². The maximum atomic E-state index is 11.2. The lowest BCUT2D eigenvalue weighted by atomic mass is 9.94. The fourth-order valence-electron chi connectivity index (χ4n) is 2.17. The van der Waals surface area contributed by atoms with Crippen LogP contribution in [0.4, 0.5) is 5.69 Å². The maximum Gasteiger partial charge on any atom is 0.285 e. The van der Waals surface area contributed by atoms with Crippen LogP contribution in [-0.4, -0.2) is 35.5 Å². The van der Waals surface area contributed by atoms with Crippen LogP contribution in [0.3, 0.4) is 0 Å². The third-order valence-corrected chi connectivity index (χ3v) is 3.66. The number of nitrogens with zero attached hydrogens (tertiary/aromatic N) is 1. The normalized spacial score (nSPS) is 23.3. The van der Waals surface area contributed by atoms with Crippen LogP contribution in [0.1, 0.15) is 25.7 Å². The Morgan fingerprint density at radius 2 is 2.21 bits per heavy atom. The van der Waals surface area contributed by atoms with Crippen molar-refractivity contribution in [3.05, 3.63) is 21.6 Å². The number of nitrogens with one attached hydrogen (secondary N) is 2. The molecule has 0 spiro atoms. The number of anilines is 1. The van der Waals surface area contributed by atoms with Crippen molar-refractivity contribution in [1.29, 1.82) is 0 Å². The van der Waals surface area contributed by atoms with E-state index in [1.165, 1.54) is 6.20 Å². The highest BCUT2D eigenvalue weighted by molar-refractivity contribution is 6.32. The molecule has 0 aliphatic heterocycles. The van der Waals surface area contributed by atoms with Crippen molar-refractivity contribution in [2.24, 2.45) is 5.73 Å². The molecule has 0 aromatic carbocycles. The Morgan fingerprint density at radius 3 is 2.95 bits per heavy atom. The Labute approximate surface area is 116 Å². The van der Waals surface area contributed by atoms with Crippen molar-refractivity contribution in [2.45, 2.75) is 37.8 Å². The molecule has 1 aliphatic rings. The Kier molecular flexibility index (Phi) is 5.18. The first-order valence-corrected chi connectivity index (χ1v) is 6.89. The van der Waals surface area contributed by atoms with Gasteiger partial charge < -0.3 is 15.8 Å². The first-order chi connectivity index (χ1) is 9.16. The minimum absolute atomic E-state index is 0.124. The van der Waals surface area contributed by atoms with Crippen LogP contribution < -0.4 is 16.6 Å². The number of aromatic nitrogens is 2. The van der Waals surface area contributed by atoms with Crippen LogP contribution in [-0.2, 0) is 4.74 Å². The highest BCUT2D eigenvalue weighted by atomic mass is 35.5. The molecule has 1 saturated carbocycles. The van der Waals surface area contributed by atoms with Crippen molar-refractivity contribution in [3.8, 4) is 0 Å². The largest absolute Gasteiger partial charge is 0.380 e. The molecule has 0 atom stereocenters. The average molecular weight is 287 g/mol. The summed E-state index contributed by atoms with van der Waals surface area (Å²) in [5.74, 6) is 0. The maximum absolute atomic E-state index is 11.2. The van der Waals surface area contributed by atoms with Gasteiger partial charge in [-0.05, 0) is 25.7 Å². The third kappa shape index (κ3) is 4.19. The van der Waals surface area contributed by atoms with Crippen LogP contribution in [0.15, 0.2) is 11.0 Å². The molecule has 6 nitrogen and oxygen atoms in total. The molecular formula is C12H19ClN4O2. The number of hydrogen-bond donors (Lipinski definition) is 3. The molecule has 0 bridgehead atoms. The van der Waals surface area contributed by atoms with Crippen molar-refractivity contribution < 1.29 is 4.74 Å². The minimum atomic E-state index is -0.395.